The largest absolute Gasteiger partial charge is 0.465 e. The quantitative estimate of drug-likeness (QED) is 0.175. The molecule has 1 aliphatic rings. The van der Waals surface area contributed by atoms with E-state index in [4.69, 9.17) is 19.2 Å². The van der Waals surface area contributed by atoms with Crippen LogP contribution in [0.2, 0.25) is 0 Å². The second-order valence-electron chi connectivity index (χ2n) is 15.2. The number of alkyl carbamates (subject to hydrolysis) is 1. The van der Waals surface area contributed by atoms with Crippen molar-refractivity contribution in [3.8, 4) is 11.1 Å². The number of ether oxygens (including phenoxy) is 3. The number of esters is 1. The van der Waals surface area contributed by atoms with E-state index < -0.39 is 29.3 Å². The molecule has 11 heteroatoms. The van der Waals surface area contributed by atoms with Crippen LogP contribution in [0.4, 0.5) is 4.79 Å². The number of nitrogens with one attached hydrogen (secondary N) is 1. The number of methoxy groups -OCH3 is 2. The van der Waals surface area contributed by atoms with Crippen LogP contribution in [0.5, 0.6) is 0 Å². The Hall–Kier alpha value is -4.22. The molecule has 0 aliphatic carbocycles. The number of hydrogen-bond donors (Lipinski definition) is 2. The van der Waals surface area contributed by atoms with Crippen LogP contribution in [0.25, 0.3) is 11.1 Å². The van der Waals surface area contributed by atoms with Gasteiger partial charge in [0.05, 0.1) is 19.2 Å². The summed E-state index contributed by atoms with van der Waals surface area (Å²) in [5.74, 6) is 0.0117. The Labute approximate surface area is 296 Å². The van der Waals surface area contributed by atoms with E-state index in [1.54, 1.807) is 44.9 Å². The second-order valence-corrected chi connectivity index (χ2v) is 15.2. The van der Waals surface area contributed by atoms with Crippen LogP contribution in [-0.4, -0.2) is 83.1 Å². The third-order valence-corrected chi connectivity index (χ3v) is 8.81. The van der Waals surface area contributed by atoms with Gasteiger partial charge in [-0.2, -0.15) is 0 Å². The van der Waals surface area contributed by atoms with Crippen molar-refractivity contribution in [2.45, 2.75) is 103 Å². The number of hydrogen-bond acceptors (Lipinski definition) is 8. The fraction of sp³-hybridized carbons (Fsp3) is 0.538. The number of β-amino-alcohol motifs (C(OH)–C–C–N with tert-alkyl or cyclic N) is 1. The van der Waals surface area contributed by atoms with Gasteiger partial charge >= 0.3 is 12.1 Å². The van der Waals surface area contributed by atoms with Crippen molar-refractivity contribution in [2.75, 3.05) is 33.9 Å². The smallest absolute Gasteiger partial charge is 0.407 e. The first-order chi connectivity index (χ1) is 23.5. The number of likely N-dealkylation sites (tertiary alicyclic amines) is 1. The van der Waals surface area contributed by atoms with Crippen molar-refractivity contribution in [1.82, 2.24) is 19.8 Å². The molecule has 2 atom stereocenters. The summed E-state index contributed by atoms with van der Waals surface area (Å²) in [7, 11) is 3.02. The number of piperidine rings is 1. The Morgan fingerprint density at radius 1 is 0.980 bits per heavy atom. The first-order valence-electron chi connectivity index (χ1n) is 17.4. The van der Waals surface area contributed by atoms with E-state index in [1.807, 2.05) is 42.6 Å². The van der Waals surface area contributed by atoms with Gasteiger partial charge < -0.3 is 34.1 Å². The number of aromatic nitrogens is 2. The normalized spacial score (nSPS) is 17.3. The molecule has 0 bridgehead atoms. The molecule has 2 N–H and O–H groups in total. The van der Waals surface area contributed by atoms with Gasteiger partial charge in [-0.25, -0.2) is 14.6 Å². The zero-order chi connectivity index (χ0) is 36.7. The number of imidazole rings is 1. The molecule has 1 fully saturated rings. The maximum absolute atomic E-state index is 13.9. The van der Waals surface area contributed by atoms with Gasteiger partial charge in [0, 0.05) is 56.6 Å². The summed E-state index contributed by atoms with van der Waals surface area (Å²) in [6.45, 7) is 13.6. The van der Waals surface area contributed by atoms with Gasteiger partial charge in [0.2, 0.25) is 5.91 Å². The lowest BCUT2D eigenvalue weighted by Crippen LogP contribution is -2.51. The third-order valence-electron chi connectivity index (χ3n) is 8.81. The van der Waals surface area contributed by atoms with Gasteiger partial charge in [0.1, 0.15) is 17.0 Å². The number of benzene rings is 2. The topological polar surface area (TPSA) is 132 Å². The van der Waals surface area contributed by atoms with Crippen LogP contribution in [0.3, 0.4) is 0 Å². The van der Waals surface area contributed by atoms with Crippen LogP contribution < -0.4 is 5.32 Å². The van der Waals surface area contributed by atoms with Crippen molar-refractivity contribution in [3.05, 3.63) is 77.4 Å². The highest BCUT2D eigenvalue weighted by molar-refractivity contribution is 5.90. The molecule has 0 radical (unpaired) electrons. The average molecular weight is 691 g/mol. The molecule has 1 aliphatic heterocycles. The van der Waals surface area contributed by atoms with Crippen LogP contribution in [-0.2, 0) is 43.0 Å². The number of carbonyl (C=O) groups is 3. The Kier molecular flexibility index (Phi) is 12.5. The lowest BCUT2D eigenvalue weighted by molar-refractivity contribution is -0.140. The first-order valence-corrected chi connectivity index (χ1v) is 17.4. The molecule has 1 saturated heterocycles. The molecule has 0 spiro atoms. The van der Waals surface area contributed by atoms with E-state index in [1.165, 1.54) is 7.11 Å². The predicted molar refractivity (Wildman–Crippen MR) is 192 cm³/mol. The van der Waals surface area contributed by atoms with Gasteiger partial charge in [-0.1, -0.05) is 57.2 Å². The zero-order valence-corrected chi connectivity index (χ0v) is 30.9. The summed E-state index contributed by atoms with van der Waals surface area (Å²) in [5, 5.41) is 15.0. The number of nitrogens with zero attached hydrogens (tertiary/aromatic N) is 3. The molecule has 3 aromatic rings. The molecule has 11 nitrogen and oxygen atoms in total. The molecular formula is C39H54N4O7. The molecular weight excluding hydrogens is 636 g/mol. The molecule has 1 aromatic heterocycles. The van der Waals surface area contributed by atoms with Crippen molar-refractivity contribution < 1.29 is 33.7 Å². The molecule has 272 valence electrons. The van der Waals surface area contributed by atoms with E-state index in [9.17, 15) is 19.5 Å². The van der Waals surface area contributed by atoms with Gasteiger partial charge in [0.25, 0.3) is 0 Å². The van der Waals surface area contributed by atoms with Gasteiger partial charge in [0.15, 0.2) is 0 Å². The van der Waals surface area contributed by atoms with E-state index in [0.717, 1.165) is 28.8 Å². The van der Waals surface area contributed by atoms with Crippen LogP contribution >= 0.6 is 0 Å². The lowest BCUT2D eigenvalue weighted by atomic mass is 9.90. The number of rotatable bonds is 12. The maximum Gasteiger partial charge on any atom is 0.407 e. The lowest BCUT2D eigenvalue weighted by Gasteiger charge is -2.40. The highest BCUT2D eigenvalue weighted by atomic mass is 16.6. The summed E-state index contributed by atoms with van der Waals surface area (Å²) in [5.41, 5.74) is 2.11. The molecule has 4 rings (SSSR count). The van der Waals surface area contributed by atoms with Crippen molar-refractivity contribution in [2.24, 2.45) is 0 Å². The summed E-state index contributed by atoms with van der Waals surface area (Å²) in [6, 6.07) is 14.5. The van der Waals surface area contributed by atoms with Crippen LogP contribution in [0.1, 0.15) is 94.7 Å². The number of amides is 2. The van der Waals surface area contributed by atoms with Crippen molar-refractivity contribution in [3.63, 3.8) is 0 Å². The van der Waals surface area contributed by atoms with E-state index >= 15 is 0 Å². The summed E-state index contributed by atoms with van der Waals surface area (Å²) >= 11 is 0. The van der Waals surface area contributed by atoms with Gasteiger partial charge in [-0.05, 0) is 75.3 Å². The molecule has 1 unspecified atom stereocenters. The Morgan fingerprint density at radius 3 is 2.20 bits per heavy atom. The van der Waals surface area contributed by atoms with Crippen molar-refractivity contribution in [1.29, 1.82) is 0 Å². The van der Waals surface area contributed by atoms with Crippen molar-refractivity contribution >= 4 is 18.0 Å². The van der Waals surface area contributed by atoms with Crippen LogP contribution in [0, 0.1) is 0 Å². The molecule has 0 saturated carbocycles. The molecule has 2 heterocycles. The standard InChI is InChI=1S/C39H54N4O7/c1-37(2,3)32-25-40-35(43(32)21-10-22-48-7)39(47)19-9-20-42(26-39)33(44)24-31(41-36(46)50-38(4,5)6)23-27-11-13-28(14-12-27)29-15-17-30(18-16-29)34(45)49-8/h11-18,25,31,47H,9-10,19-24,26H2,1-8H3,(H,41,46)/t31-,39?/m1/s1. The second kappa shape index (κ2) is 16.2. The van der Waals surface area contributed by atoms with E-state index in [-0.39, 0.29) is 24.3 Å². The highest BCUT2D eigenvalue weighted by Gasteiger charge is 2.42. The third kappa shape index (κ3) is 10.2. The summed E-state index contributed by atoms with van der Waals surface area (Å²) in [4.78, 5) is 45.1. The molecule has 2 aromatic carbocycles. The fourth-order valence-electron chi connectivity index (χ4n) is 6.39. The van der Waals surface area contributed by atoms with E-state index in [2.05, 4.69) is 30.7 Å². The zero-order valence-electron chi connectivity index (χ0n) is 30.9. The Bertz CT molecular complexity index is 1600. The minimum atomic E-state index is -1.32. The first kappa shape index (κ1) is 38.6. The molecule has 2 amide bonds. The number of aliphatic hydroxyl groups is 1. The minimum absolute atomic E-state index is 0.0294. The highest BCUT2D eigenvalue weighted by Crippen LogP contribution is 2.35. The maximum atomic E-state index is 13.9. The SMILES string of the molecule is COCCCn1c(C(C)(C)C)cnc1C1(O)CCCN(C(=O)C[C@@H](Cc2ccc(-c3ccc(C(=O)OC)cc3)cc2)NC(=O)OC(C)(C)C)C1. The average Bonchev–Trinajstić information content (AvgIpc) is 3.50. The Balaban J connectivity index is 1.52. The number of carbonyl (C=O) groups excluding carboxylic acids is 3. The minimum Gasteiger partial charge on any atom is -0.465 e. The predicted octanol–water partition coefficient (Wildman–Crippen LogP) is 6.01. The Morgan fingerprint density at radius 2 is 1.62 bits per heavy atom. The molecule has 50 heavy (non-hydrogen) atoms. The fourth-order valence-corrected chi connectivity index (χ4v) is 6.39. The van der Waals surface area contributed by atoms with Gasteiger partial charge in [-0.15, -0.1) is 0 Å². The summed E-state index contributed by atoms with van der Waals surface area (Å²) in [6.07, 6.45) is 3.53. The van der Waals surface area contributed by atoms with Crippen LogP contribution in [0.15, 0.2) is 54.7 Å². The van der Waals surface area contributed by atoms with Gasteiger partial charge in [-0.3, -0.25) is 4.79 Å². The summed E-state index contributed by atoms with van der Waals surface area (Å²) < 4.78 is 17.7. The monoisotopic (exact) mass is 690 g/mol. The van der Waals surface area contributed by atoms with E-state index in [0.29, 0.717) is 50.3 Å².